The number of fused-ring (bicyclic) bond motifs is 1. The fraction of sp³-hybridized carbons (Fsp3) is 0.235. The number of carboxylic acids is 1. The number of aromatic carboxylic acids is 1. The van der Waals surface area contributed by atoms with Gasteiger partial charge in [-0.25, -0.2) is 14.8 Å². The molecule has 0 aliphatic heterocycles. The second-order valence-electron chi connectivity index (χ2n) is 5.46. The summed E-state index contributed by atoms with van der Waals surface area (Å²) in [7, 11) is 0. The zero-order valence-corrected chi connectivity index (χ0v) is 14.4. The van der Waals surface area contributed by atoms with Crippen LogP contribution in [0, 0.1) is 0 Å². The largest absolute Gasteiger partial charge is 0.478 e. The number of carboxylic acid groups (broad SMARTS) is 1. The van der Waals surface area contributed by atoms with E-state index in [4.69, 9.17) is 4.84 Å². The number of hydrogen-bond donors (Lipinski definition) is 1. The van der Waals surface area contributed by atoms with Gasteiger partial charge in [-0.2, -0.15) is 4.73 Å². The Morgan fingerprint density at radius 1 is 1.33 bits per heavy atom. The zero-order valence-electron chi connectivity index (χ0n) is 13.6. The molecule has 6 nitrogen and oxygen atoms in total. The molecule has 3 aromatic rings. The lowest BCUT2D eigenvalue weighted by atomic mass is 10.1. The van der Waals surface area contributed by atoms with E-state index in [0.717, 1.165) is 10.9 Å². The summed E-state index contributed by atoms with van der Waals surface area (Å²) >= 11 is 1.37. The van der Waals surface area contributed by atoms with Crippen LogP contribution in [0.15, 0.2) is 41.8 Å². The predicted molar refractivity (Wildman–Crippen MR) is 93.4 cm³/mol. The highest BCUT2D eigenvalue weighted by molar-refractivity contribution is 7.98. The van der Waals surface area contributed by atoms with Crippen molar-refractivity contribution in [2.24, 2.45) is 0 Å². The summed E-state index contributed by atoms with van der Waals surface area (Å²) in [5.74, 6) is -1.06. The Balaban J connectivity index is 2.28. The third-order valence-electron chi connectivity index (χ3n) is 3.44. The van der Waals surface area contributed by atoms with Gasteiger partial charge < -0.3 is 9.94 Å². The number of carbonyl (C=O) groups is 1. The molecule has 2 aromatic heterocycles. The number of rotatable bonds is 5. The average molecular weight is 343 g/mol. The summed E-state index contributed by atoms with van der Waals surface area (Å²) < 4.78 is 1.67. The zero-order chi connectivity index (χ0) is 17.3. The van der Waals surface area contributed by atoms with E-state index >= 15 is 0 Å². The minimum absolute atomic E-state index is 0.0141. The lowest BCUT2D eigenvalue weighted by Gasteiger charge is -2.10. The van der Waals surface area contributed by atoms with Crippen molar-refractivity contribution in [2.75, 3.05) is 6.26 Å². The number of aromatic nitrogens is 3. The fourth-order valence-electron chi connectivity index (χ4n) is 2.48. The van der Waals surface area contributed by atoms with Gasteiger partial charge in [-0.3, -0.25) is 0 Å². The van der Waals surface area contributed by atoms with Crippen LogP contribution in [0.1, 0.15) is 24.2 Å². The molecular weight excluding hydrogens is 326 g/mol. The van der Waals surface area contributed by atoms with Gasteiger partial charge in [0.1, 0.15) is 11.7 Å². The minimum atomic E-state index is -1.06. The van der Waals surface area contributed by atoms with Crippen LogP contribution < -0.4 is 4.84 Å². The highest BCUT2D eigenvalue weighted by Gasteiger charge is 2.20. The van der Waals surface area contributed by atoms with Gasteiger partial charge in [0.25, 0.3) is 0 Å². The second-order valence-corrected chi connectivity index (χ2v) is 6.24. The van der Waals surface area contributed by atoms with Gasteiger partial charge in [-0.15, -0.1) is 0 Å². The molecule has 0 spiro atoms. The molecule has 0 atom stereocenters. The third kappa shape index (κ3) is 2.94. The van der Waals surface area contributed by atoms with Gasteiger partial charge in [-0.1, -0.05) is 30.0 Å². The summed E-state index contributed by atoms with van der Waals surface area (Å²) in [6.07, 6.45) is 4.97. The van der Waals surface area contributed by atoms with Crippen LogP contribution in [0.5, 0.6) is 0 Å². The maximum Gasteiger partial charge on any atom is 0.339 e. The van der Waals surface area contributed by atoms with Gasteiger partial charge in [-0.05, 0) is 26.2 Å². The molecule has 2 heterocycles. The maximum absolute atomic E-state index is 11.6. The van der Waals surface area contributed by atoms with Crippen molar-refractivity contribution < 1.29 is 14.7 Å². The van der Waals surface area contributed by atoms with Crippen LogP contribution in [-0.2, 0) is 0 Å². The SMILES string of the molecule is CSc1ncc(C(=O)O)c(-c2cn(OC(C)C)c3ccccc23)n1. The smallest absolute Gasteiger partial charge is 0.339 e. The predicted octanol–water partition coefficient (Wildman–Crippen LogP) is 3.36. The molecule has 0 aliphatic carbocycles. The molecule has 3 rings (SSSR count). The lowest BCUT2D eigenvalue weighted by Crippen LogP contribution is -2.17. The summed E-state index contributed by atoms with van der Waals surface area (Å²) in [5.41, 5.74) is 2.03. The molecule has 0 bridgehead atoms. The van der Waals surface area contributed by atoms with Gasteiger partial charge in [0.15, 0.2) is 5.16 Å². The number of benzene rings is 1. The first-order valence-corrected chi connectivity index (χ1v) is 8.65. The van der Waals surface area contributed by atoms with Crippen molar-refractivity contribution in [2.45, 2.75) is 25.1 Å². The fourth-order valence-corrected chi connectivity index (χ4v) is 2.82. The number of nitrogens with zero attached hydrogens (tertiary/aromatic N) is 3. The Morgan fingerprint density at radius 2 is 2.08 bits per heavy atom. The molecule has 0 aliphatic rings. The molecule has 0 radical (unpaired) electrons. The first-order valence-electron chi connectivity index (χ1n) is 7.43. The molecule has 0 saturated heterocycles. The number of hydrogen-bond acceptors (Lipinski definition) is 5. The van der Waals surface area contributed by atoms with E-state index in [1.54, 1.807) is 10.9 Å². The molecule has 0 amide bonds. The van der Waals surface area contributed by atoms with E-state index in [2.05, 4.69) is 9.97 Å². The Bertz CT molecular complexity index is 905. The highest BCUT2D eigenvalue weighted by Crippen LogP contribution is 2.32. The molecule has 0 saturated carbocycles. The normalized spacial score (nSPS) is 11.2. The Morgan fingerprint density at radius 3 is 2.75 bits per heavy atom. The van der Waals surface area contributed by atoms with Crippen LogP contribution in [-0.4, -0.2) is 38.1 Å². The maximum atomic E-state index is 11.6. The molecule has 1 N–H and O–H groups in total. The Labute approximate surface area is 143 Å². The van der Waals surface area contributed by atoms with Crippen LogP contribution in [0.25, 0.3) is 22.2 Å². The van der Waals surface area contributed by atoms with E-state index in [1.165, 1.54) is 18.0 Å². The average Bonchev–Trinajstić information content (AvgIpc) is 2.92. The molecule has 7 heteroatoms. The van der Waals surface area contributed by atoms with Crippen molar-refractivity contribution in [1.82, 2.24) is 14.7 Å². The molecular formula is C17H17N3O3S. The van der Waals surface area contributed by atoms with Crippen molar-refractivity contribution in [3.63, 3.8) is 0 Å². The summed E-state index contributed by atoms with van der Waals surface area (Å²) in [5, 5.41) is 10.9. The number of thioether (sulfide) groups is 1. The van der Waals surface area contributed by atoms with Crippen molar-refractivity contribution >= 4 is 28.6 Å². The van der Waals surface area contributed by atoms with Crippen molar-refractivity contribution in [3.8, 4) is 11.3 Å². The Kier molecular flexibility index (Phi) is 4.44. The molecule has 1 aromatic carbocycles. The van der Waals surface area contributed by atoms with Crippen LogP contribution in [0.3, 0.4) is 0 Å². The standard InChI is InChI=1S/C17H17N3O3S/c1-10(2)23-20-9-13(11-6-4-5-7-14(11)20)15-12(16(21)22)8-18-17(19-15)24-3/h4-10H,1-3H3,(H,21,22). The van der Waals surface area contributed by atoms with Gasteiger partial charge in [0, 0.05) is 17.1 Å². The van der Waals surface area contributed by atoms with Crippen LogP contribution in [0.4, 0.5) is 0 Å². The number of para-hydroxylation sites is 1. The molecule has 0 unspecified atom stereocenters. The van der Waals surface area contributed by atoms with Crippen molar-refractivity contribution in [3.05, 3.63) is 42.2 Å². The van der Waals surface area contributed by atoms with Crippen molar-refractivity contribution in [1.29, 1.82) is 0 Å². The quantitative estimate of drug-likeness (QED) is 0.565. The molecule has 124 valence electrons. The van der Waals surface area contributed by atoms with E-state index in [9.17, 15) is 9.90 Å². The minimum Gasteiger partial charge on any atom is -0.478 e. The van der Waals surface area contributed by atoms with Gasteiger partial charge >= 0.3 is 5.97 Å². The first kappa shape index (κ1) is 16.3. The summed E-state index contributed by atoms with van der Waals surface area (Å²) in [6, 6.07) is 7.68. The van der Waals surface area contributed by atoms with E-state index < -0.39 is 5.97 Å². The van der Waals surface area contributed by atoms with E-state index in [-0.39, 0.29) is 11.7 Å². The highest BCUT2D eigenvalue weighted by atomic mass is 32.2. The van der Waals surface area contributed by atoms with Gasteiger partial charge in [0.2, 0.25) is 0 Å². The molecule has 24 heavy (non-hydrogen) atoms. The Hall–Kier alpha value is -2.54. The van der Waals surface area contributed by atoms with Crippen LogP contribution in [0.2, 0.25) is 0 Å². The van der Waals surface area contributed by atoms with Gasteiger partial charge in [0.05, 0.1) is 17.4 Å². The first-order chi connectivity index (χ1) is 11.5. The summed E-state index contributed by atoms with van der Waals surface area (Å²) in [4.78, 5) is 25.9. The summed E-state index contributed by atoms with van der Waals surface area (Å²) in [6.45, 7) is 3.88. The monoisotopic (exact) mass is 343 g/mol. The molecule has 0 fully saturated rings. The lowest BCUT2D eigenvalue weighted by molar-refractivity contribution is 0.0683. The second kappa shape index (κ2) is 6.52. The topological polar surface area (TPSA) is 77.2 Å². The third-order valence-corrected chi connectivity index (χ3v) is 4.00. The van der Waals surface area contributed by atoms with E-state index in [1.807, 2.05) is 44.4 Å². The van der Waals surface area contributed by atoms with Crippen LogP contribution >= 0.6 is 11.8 Å². The van der Waals surface area contributed by atoms with E-state index in [0.29, 0.717) is 16.4 Å².